The molecular formula is C12H10F2N2O2S. The molecule has 0 saturated heterocycles. The van der Waals surface area contributed by atoms with Gasteiger partial charge >= 0.3 is 5.97 Å². The molecule has 0 fully saturated rings. The molecule has 0 bridgehead atoms. The third-order valence-electron chi connectivity index (χ3n) is 2.26. The highest BCUT2D eigenvalue weighted by molar-refractivity contribution is 7.13. The van der Waals surface area contributed by atoms with Crippen LogP contribution in [0.1, 0.15) is 12.1 Å². The molecule has 100 valence electrons. The highest BCUT2D eigenvalue weighted by atomic mass is 32.1. The Hall–Kier alpha value is -2.02. The Bertz CT molecular complexity index is 581. The summed E-state index contributed by atoms with van der Waals surface area (Å²) in [6, 6.07) is 3.09. The number of aliphatic carboxylic acids is 1. The molecule has 0 aliphatic rings. The minimum absolute atomic E-state index is 0.00222. The molecule has 0 spiro atoms. The van der Waals surface area contributed by atoms with Gasteiger partial charge in [0.25, 0.3) is 0 Å². The number of nitrogens with zero attached hydrogens (tertiary/aromatic N) is 1. The van der Waals surface area contributed by atoms with Crippen LogP contribution in [-0.2, 0) is 11.2 Å². The van der Waals surface area contributed by atoms with Gasteiger partial charge in [0, 0.05) is 23.6 Å². The van der Waals surface area contributed by atoms with Gasteiger partial charge in [-0.15, -0.1) is 11.3 Å². The number of carbonyl (C=O) groups is 1. The molecule has 0 radical (unpaired) electrons. The highest BCUT2D eigenvalue weighted by Crippen LogP contribution is 2.22. The molecule has 1 aromatic heterocycles. The molecule has 0 atom stereocenters. The van der Waals surface area contributed by atoms with Crippen LogP contribution >= 0.6 is 11.3 Å². The van der Waals surface area contributed by atoms with Gasteiger partial charge in [-0.2, -0.15) is 0 Å². The highest BCUT2D eigenvalue weighted by Gasteiger charge is 2.06. The number of rotatable bonds is 5. The van der Waals surface area contributed by atoms with Gasteiger partial charge in [0.1, 0.15) is 11.6 Å². The topological polar surface area (TPSA) is 62.2 Å². The molecule has 0 amide bonds. The van der Waals surface area contributed by atoms with E-state index >= 15 is 0 Å². The Morgan fingerprint density at radius 2 is 2.00 bits per heavy atom. The van der Waals surface area contributed by atoms with Crippen molar-refractivity contribution < 1.29 is 18.7 Å². The first kappa shape index (κ1) is 13.4. The van der Waals surface area contributed by atoms with E-state index in [0.717, 1.165) is 18.2 Å². The van der Waals surface area contributed by atoms with Crippen molar-refractivity contribution in [1.29, 1.82) is 0 Å². The van der Waals surface area contributed by atoms with Crippen molar-refractivity contribution in [2.24, 2.45) is 0 Å². The number of thiazole rings is 1. The molecule has 0 saturated carbocycles. The Morgan fingerprint density at radius 3 is 2.63 bits per heavy atom. The summed E-state index contributed by atoms with van der Waals surface area (Å²) in [5, 5.41) is 13.5. The first-order chi connectivity index (χ1) is 9.02. The zero-order chi connectivity index (χ0) is 13.8. The molecular weight excluding hydrogens is 274 g/mol. The standard InChI is InChI=1S/C12H10F2N2O2S/c13-7-3-8(14)5-10(4-7)16-12-15-9(6-19-12)1-2-11(17)18/h3-6H,1-2H2,(H,15,16)(H,17,18). The van der Waals surface area contributed by atoms with Gasteiger partial charge in [-0.1, -0.05) is 0 Å². The lowest BCUT2D eigenvalue weighted by Gasteiger charge is -2.02. The van der Waals surface area contributed by atoms with Crippen LogP contribution in [0.2, 0.25) is 0 Å². The van der Waals surface area contributed by atoms with Crippen LogP contribution in [0.3, 0.4) is 0 Å². The van der Waals surface area contributed by atoms with Crippen molar-refractivity contribution in [3.05, 3.63) is 40.9 Å². The number of aromatic nitrogens is 1. The number of benzene rings is 1. The van der Waals surface area contributed by atoms with E-state index in [1.54, 1.807) is 5.38 Å². The molecule has 19 heavy (non-hydrogen) atoms. The second-order valence-electron chi connectivity index (χ2n) is 3.82. The summed E-state index contributed by atoms with van der Waals surface area (Å²) in [5.74, 6) is -2.25. The maximum absolute atomic E-state index is 13.0. The van der Waals surface area contributed by atoms with Gasteiger partial charge in [-0.25, -0.2) is 13.8 Å². The van der Waals surface area contributed by atoms with Crippen molar-refractivity contribution in [3.63, 3.8) is 0 Å². The van der Waals surface area contributed by atoms with Crippen LogP contribution in [0.25, 0.3) is 0 Å². The molecule has 0 aliphatic carbocycles. The zero-order valence-corrected chi connectivity index (χ0v) is 10.5. The molecule has 1 aromatic carbocycles. The summed E-state index contributed by atoms with van der Waals surface area (Å²) in [5.41, 5.74) is 0.892. The predicted molar refractivity (Wildman–Crippen MR) is 67.7 cm³/mol. The van der Waals surface area contributed by atoms with Gasteiger partial charge in [-0.3, -0.25) is 4.79 Å². The number of hydrogen-bond donors (Lipinski definition) is 2. The maximum atomic E-state index is 13.0. The predicted octanol–water partition coefficient (Wildman–Crippen LogP) is 3.18. The first-order valence-electron chi connectivity index (χ1n) is 5.42. The molecule has 2 aromatic rings. The molecule has 4 nitrogen and oxygen atoms in total. The van der Waals surface area contributed by atoms with Gasteiger partial charge in [0.15, 0.2) is 5.13 Å². The van der Waals surface area contributed by atoms with Crippen LogP contribution in [0.15, 0.2) is 23.6 Å². The van der Waals surface area contributed by atoms with E-state index in [4.69, 9.17) is 5.11 Å². The second-order valence-corrected chi connectivity index (χ2v) is 4.68. The van der Waals surface area contributed by atoms with Crippen molar-refractivity contribution in [3.8, 4) is 0 Å². The number of carboxylic acid groups (broad SMARTS) is 1. The van der Waals surface area contributed by atoms with E-state index in [-0.39, 0.29) is 12.1 Å². The fourth-order valence-electron chi connectivity index (χ4n) is 1.46. The third kappa shape index (κ3) is 3.99. The number of aryl methyl sites for hydroxylation is 1. The van der Waals surface area contributed by atoms with Crippen LogP contribution in [0, 0.1) is 11.6 Å². The molecule has 0 aliphatic heterocycles. The average molecular weight is 284 g/mol. The van der Waals surface area contributed by atoms with Crippen molar-refractivity contribution in [1.82, 2.24) is 4.98 Å². The number of nitrogens with one attached hydrogen (secondary N) is 1. The Morgan fingerprint density at radius 1 is 1.32 bits per heavy atom. The SMILES string of the molecule is O=C(O)CCc1csc(Nc2cc(F)cc(F)c2)n1. The van der Waals surface area contributed by atoms with Crippen molar-refractivity contribution >= 4 is 28.1 Å². The maximum Gasteiger partial charge on any atom is 0.303 e. The van der Waals surface area contributed by atoms with Gasteiger partial charge in [-0.05, 0) is 12.1 Å². The number of halogens is 2. The van der Waals surface area contributed by atoms with Crippen LogP contribution in [0.4, 0.5) is 19.6 Å². The lowest BCUT2D eigenvalue weighted by molar-refractivity contribution is -0.136. The molecule has 0 unspecified atom stereocenters. The third-order valence-corrected chi connectivity index (χ3v) is 3.07. The number of hydrogen-bond acceptors (Lipinski definition) is 4. The Labute approximate surface area is 111 Å². The lowest BCUT2D eigenvalue weighted by Crippen LogP contribution is -1.98. The average Bonchev–Trinajstić information content (AvgIpc) is 2.72. The van der Waals surface area contributed by atoms with E-state index in [9.17, 15) is 13.6 Å². The van der Waals surface area contributed by atoms with E-state index in [0.29, 0.717) is 17.2 Å². The smallest absolute Gasteiger partial charge is 0.303 e. The van der Waals surface area contributed by atoms with E-state index in [1.807, 2.05) is 0 Å². The minimum atomic E-state index is -0.894. The summed E-state index contributed by atoms with van der Waals surface area (Å²) >= 11 is 1.25. The number of anilines is 2. The Kier molecular flexibility index (Phi) is 4.06. The lowest BCUT2D eigenvalue weighted by atomic mass is 10.2. The van der Waals surface area contributed by atoms with E-state index in [1.165, 1.54) is 11.3 Å². The van der Waals surface area contributed by atoms with E-state index < -0.39 is 17.6 Å². The van der Waals surface area contributed by atoms with Crippen molar-refractivity contribution in [2.45, 2.75) is 12.8 Å². The van der Waals surface area contributed by atoms with E-state index in [2.05, 4.69) is 10.3 Å². The molecule has 7 heteroatoms. The van der Waals surface area contributed by atoms with Gasteiger partial charge < -0.3 is 10.4 Å². The van der Waals surface area contributed by atoms with Gasteiger partial charge in [0.2, 0.25) is 0 Å². The van der Waals surface area contributed by atoms with Crippen LogP contribution < -0.4 is 5.32 Å². The quantitative estimate of drug-likeness (QED) is 0.885. The fourth-order valence-corrected chi connectivity index (χ4v) is 2.23. The van der Waals surface area contributed by atoms with Gasteiger partial charge in [0.05, 0.1) is 12.1 Å². The first-order valence-corrected chi connectivity index (χ1v) is 6.30. The zero-order valence-electron chi connectivity index (χ0n) is 9.69. The summed E-state index contributed by atoms with van der Waals surface area (Å²) in [4.78, 5) is 14.6. The normalized spacial score (nSPS) is 10.4. The van der Waals surface area contributed by atoms with Crippen LogP contribution in [0.5, 0.6) is 0 Å². The summed E-state index contributed by atoms with van der Waals surface area (Å²) in [6.07, 6.45) is 0.322. The minimum Gasteiger partial charge on any atom is -0.481 e. The summed E-state index contributed by atoms with van der Waals surface area (Å²) in [6.45, 7) is 0. The Balaban J connectivity index is 2.05. The summed E-state index contributed by atoms with van der Waals surface area (Å²) < 4.78 is 26.0. The second kappa shape index (κ2) is 5.75. The van der Waals surface area contributed by atoms with Crippen molar-refractivity contribution in [2.75, 3.05) is 5.32 Å². The monoisotopic (exact) mass is 284 g/mol. The number of carboxylic acids is 1. The fraction of sp³-hybridized carbons (Fsp3) is 0.167. The summed E-state index contributed by atoms with van der Waals surface area (Å²) in [7, 11) is 0. The molecule has 1 heterocycles. The largest absolute Gasteiger partial charge is 0.481 e. The van der Waals surface area contributed by atoms with Crippen LogP contribution in [-0.4, -0.2) is 16.1 Å². The molecule has 2 N–H and O–H groups in total. The molecule has 2 rings (SSSR count).